The molecule has 1 aromatic heterocycles. The second kappa shape index (κ2) is 5.90. The fourth-order valence-corrected chi connectivity index (χ4v) is 1.92. The molecule has 96 valence electrons. The Bertz CT molecular complexity index is 428. The summed E-state index contributed by atoms with van der Waals surface area (Å²) in [6.07, 6.45) is 2.20. The zero-order chi connectivity index (χ0) is 13.0. The maximum absolute atomic E-state index is 13.3. The topological polar surface area (TPSA) is 68.0 Å². The number of hydrogen-bond acceptors (Lipinski definition) is 4. The summed E-state index contributed by atoms with van der Waals surface area (Å²) in [7, 11) is -0.896. The summed E-state index contributed by atoms with van der Waals surface area (Å²) in [6, 6.07) is 0.570. The summed E-state index contributed by atoms with van der Waals surface area (Å²) in [5, 5.41) is 2.77. The summed E-state index contributed by atoms with van der Waals surface area (Å²) in [5.74, 6) is -1.60. The van der Waals surface area contributed by atoms with E-state index in [0.717, 1.165) is 0 Å². The molecule has 0 aliphatic rings. The van der Waals surface area contributed by atoms with Gasteiger partial charge in [-0.05, 0) is 13.3 Å². The lowest BCUT2D eigenvalue weighted by molar-refractivity contribution is 0.576. The first-order valence-electron chi connectivity index (χ1n) is 5.08. The average molecular weight is 263 g/mol. The van der Waals surface area contributed by atoms with Gasteiger partial charge in [0.2, 0.25) is 0 Å². The molecular weight excluding hydrogens is 248 g/mol. The smallest absolute Gasteiger partial charge is 0.168 e. The highest BCUT2D eigenvalue weighted by molar-refractivity contribution is 7.84. The van der Waals surface area contributed by atoms with Crippen LogP contribution in [0.1, 0.15) is 13.3 Å². The van der Waals surface area contributed by atoms with Crippen molar-refractivity contribution >= 4 is 22.4 Å². The molecule has 0 amide bonds. The Morgan fingerprint density at radius 1 is 1.53 bits per heavy atom. The Hall–Kier alpha value is -1.24. The van der Waals surface area contributed by atoms with Gasteiger partial charge in [0.25, 0.3) is 0 Å². The number of halogens is 2. The Kier molecular flexibility index (Phi) is 4.80. The van der Waals surface area contributed by atoms with E-state index < -0.39 is 22.4 Å². The molecule has 0 aromatic carbocycles. The third kappa shape index (κ3) is 4.26. The number of nitrogens with one attached hydrogen (secondary N) is 1. The fourth-order valence-electron chi connectivity index (χ4n) is 1.23. The third-order valence-corrected chi connectivity index (χ3v) is 2.99. The molecule has 17 heavy (non-hydrogen) atoms. The Morgan fingerprint density at radius 2 is 2.18 bits per heavy atom. The molecule has 0 bridgehead atoms. The quantitative estimate of drug-likeness (QED) is 0.845. The van der Waals surface area contributed by atoms with Crippen molar-refractivity contribution in [3.63, 3.8) is 0 Å². The first-order valence-corrected chi connectivity index (χ1v) is 6.81. The number of nitrogens with two attached hydrogens (primary N) is 1. The van der Waals surface area contributed by atoms with Crippen molar-refractivity contribution in [3.8, 4) is 0 Å². The second-order valence-electron chi connectivity index (χ2n) is 3.80. The molecule has 2 atom stereocenters. The summed E-state index contributed by atoms with van der Waals surface area (Å²) >= 11 is 0. The van der Waals surface area contributed by atoms with E-state index in [-0.39, 0.29) is 17.7 Å². The number of nitrogens with zero attached hydrogens (tertiary/aromatic N) is 1. The van der Waals surface area contributed by atoms with Gasteiger partial charge in [-0.3, -0.25) is 4.21 Å². The van der Waals surface area contributed by atoms with Gasteiger partial charge < -0.3 is 11.1 Å². The van der Waals surface area contributed by atoms with E-state index >= 15 is 0 Å². The van der Waals surface area contributed by atoms with Crippen LogP contribution >= 0.6 is 0 Å². The van der Waals surface area contributed by atoms with Crippen molar-refractivity contribution in [2.24, 2.45) is 0 Å². The maximum atomic E-state index is 13.3. The highest BCUT2D eigenvalue weighted by Crippen LogP contribution is 2.17. The summed E-state index contributed by atoms with van der Waals surface area (Å²) in [4.78, 5) is 3.58. The van der Waals surface area contributed by atoms with Crippen LogP contribution in [0.3, 0.4) is 0 Å². The van der Waals surface area contributed by atoms with Gasteiger partial charge in [-0.2, -0.15) is 0 Å². The van der Waals surface area contributed by atoms with Crippen molar-refractivity contribution in [1.82, 2.24) is 4.98 Å². The molecule has 1 rings (SSSR count). The summed E-state index contributed by atoms with van der Waals surface area (Å²) < 4.78 is 37.1. The fraction of sp³-hybridized carbons (Fsp3) is 0.500. The van der Waals surface area contributed by atoms with Crippen LogP contribution in [-0.2, 0) is 10.8 Å². The molecule has 1 heterocycles. The number of anilines is 2. The predicted octanol–water partition coefficient (Wildman–Crippen LogP) is 1.51. The van der Waals surface area contributed by atoms with Crippen LogP contribution in [0.5, 0.6) is 0 Å². The van der Waals surface area contributed by atoms with Gasteiger partial charge in [0.1, 0.15) is 0 Å². The van der Waals surface area contributed by atoms with Crippen LogP contribution in [0.15, 0.2) is 6.07 Å². The van der Waals surface area contributed by atoms with Crippen molar-refractivity contribution in [2.45, 2.75) is 19.4 Å². The SMILES string of the molecule is CC(CCS(C)=O)Nc1nc(N)c(F)cc1F. The molecule has 0 spiro atoms. The van der Waals surface area contributed by atoms with Crippen LogP contribution < -0.4 is 11.1 Å². The number of pyridine rings is 1. The molecule has 0 saturated heterocycles. The van der Waals surface area contributed by atoms with Gasteiger partial charge in [0, 0.05) is 34.9 Å². The lowest BCUT2D eigenvalue weighted by atomic mass is 10.2. The Balaban J connectivity index is 2.68. The lowest BCUT2D eigenvalue weighted by Gasteiger charge is -2.14. The molecule has 0 radical (unpaired) electrons. The van der Waals surface area contributed by atoms with Crippen LogP contribution in [0.4, 0.5) is 20.4 Å². The van der Waals surface area contributed by atoms with Crippen LogP contribution in [-0.4, -0.2) is 27.2 Å². The molecule has 2 unspecified atom stereocenters. The van der Waals surface area contributed by atoms with E-state index in [9.17, 15) is 13.0 Å². The number of aromatic nitrogens is 1. The van der Waals surface area contributed by atoms with Gasteiger partial charge in [-0.1, -0.05) is 0 Å². The van der Waals surface area contributed by atoms with Gasteiger partial charge in [0.15, 0.2) is 23.3 Å². The van der Waals surface area contributed by atoms with Crippen molar-refractivity contribution in [1.29, 1.82) is 0 Å². The molecule has 1 aromatic rings. The largest absolute Gasteiger partial charge is 0.381 e. The monoisotopic (exact) mass is 263 g/mol. The van der Waals surface area contributed by atoms with Crippen LogP contribution in [0.25, 0.3) is 0 Å². The summed E-state index contributed by atoms with van der Waals surface area (Å²) in [5.41, 5.74) is 5.25. The number of nitrogen functional groups attached to an aromatic ring is 1. The van der Waals surface area contributed by atoms with Gasteiger partial charge >= 0.3 is 0 Å². The predicted molar refractivity (Wildman–Crippen MR) is 65.2 cm³/mol. The highest BCUT2D eigenvalue weighted by atomic mass is 32.2. The molecule has 0 fully saturated rings. The third-order valence-electron chi connectivity index (χ3n) is 2.18. The van der Waals surface area contributed by atoms with E-state index in [2.05, 4.69) is 10.3 Å². The minimum Gasteiger partial charge on any atom is -0.381 e. The van der Waals surface area contributed by atoms with Gasteiger partial charge in [-0.25, -0.2) is 13.8 Å². The number of hydrogen-bond donors (Lipinski definition) is 2. The Morgan fingerprint density at radius 3 is 2.76 bits per heavy atom. The highest BCUT2D eigenvalue weighted by Gasteiger charge is 2.12. The van der Waals surface area contributed by atoms with Gasteiger partial charge in [0.05, 0.1) is 0 Å². The lowest BCUT2D eigenvalue weighted by Crippen LogP contribution is -2.20. The molecular formula is C10H15F2N3OS. The zero-order valence-electron chi connectivity index (χ0n) is 9.67. The normalized spacial score (nSPS) is 14.4. The molecule has 0 saturated carbocycles. The zero-order valence-corrected chi connectivity index (χ0v) is 10.5. The van der Waals surface area contributed by atoms with Crippen molar-refractivity contribution in [2.75, 3.05) is 23.1 Å². The first-order chi connectivity index (χ1) is 7.90. The van der Waals surface area contributed by atoms with E-state index in [0.29, 0.717) is 18.2 Å². The van der Waals surface area contributed by atoms with E-state index in [1.807, 2.05) is 0 Å². The van der Waals surface area contributed by atoms with Gasteiger partial charge in [-0.15, -0.1) is 0 Å². The van der Waals surface area contributed by atoms with Crippen LogP contribution in [0, 0.1) is 11.6 Å². The first kappa shape index (κ1) is 13.8. The second-order valence-corrected chi connectivity index (χ2v) is 5.35. The van der Waals surface area contributed by atoms with E-state index in [4.69, 9.17) is 5.73 Å². The summed E-state index contributed by atoms with van der Waals surface area (Å²) in [6.45, 7) is 1.80. The minimum atomic E-state index is -0.896. The molecule has 0 aliphatic heterocycles. The molecule has 0 aliphatic carbocycles. The van der Waals surface area contributed by atoms with Crippen molar-refractivity contribution in [3.05, 3.63) is 17.7 Å². The van der Waals surface area contributed by atoms with Crippen LogP contribution in [0.2, 0.25) is 0 Å². The van der Waals surface area contributed by atoms with Crippen molar-refractivity contribution < 1.29 is 13.0 Å². The van der Waals surface area contributed by atoms with E-state index in [1.54, 1.807) is 13.2 Å². The Labute approximate surface area is 101 Å². The number of rotatable bonds is 5. The standard InChI is InChI=1S/C10H15F2N3OS/c1-6(3-4-17(2)16)14-10-8(12)5-7(11)9(13)15-10/h5-6H,3-4H2,1-2H3,(H3,13,14,15). The average Bonchev–Trinajstić information content (AvgIpc) is 2.23. The minimum absolute atomic E-state index is 0.0849. The maximum Gasteiger partial charge on any atom is 0.168 e. The molecule has 4 nitrogen and oxygen atoms in total. The van der Waals surface area contributed by atoms with E-state index in [1.165, 1.54) is 0 Å². The molecule has 7 heteroatoms. The molecule has 3 N–H and O–H groups in total.